The van der Waals surface area contributed by atoms with Gasteiger partial charge in [-0.3, -0.25) is 9.59 Å². The van der Waals surface area contributed by atoms with Gasteiger partial charge in [0.05, 0.1) is 0 Å². The molecule has 8 nitrogen and oxygen atoms in total. The summed E-state index contributed by atoms with van der Waals surface area (Å²) in [5.41, 5.74) is 0. The van der Waals surface area contributed by atoms with Crippen molar-refractivity contribution in [2.24, 2.45) is 0 Å². The second-order valence-corrected chi connectivity index (χ2v) is 7.08. The fourth-order valence-electron chi connectivity index (χ4n) is 2.23. The Balaban J connectivity index is 2.24. The van der Waals surface area contributed by atoms with Crippen LogP contribution < -0.4 is 5.32 Å². The summed E-state index contributed by atoms with van der Waals surface area (Å²) < 4.78 is 31.5. The number of rotatable bonds is 5. The molecule has 0 unspecified atom stereocenters. The van der Waals surface area contributed by atoms with Gasteiger partial charge in [-0.1, -0.05) is 0 Å². The van der Waals surface area contributed by atoms with Gasteiger partial charge in [-0.15, -0.1) is 0 Å². The number of hydrogen-bond donors (Lipinski definition) is 2. The lowest BCUT2D eigenvalue weighted by molar-refractivity contribution is -0.138. The maximum absolute atomic E-state index is 12.5. The molecule has 0 aromatic carbocycles. The van der Waals surface area contributed by atoms with E-state index < -0.39 is 27.9 Å². The highest BCUT2D eigenvalue weighted by molar-refractivity contribution is 7.89. The third-order valence-electron chi connectivity index (χ3n) is 3.50. The number of furan rings is 1. The number of hydrogen-bond acceptors (Lipinski definition) is 5. The second kappa shape index (κ2) is 6.09. The Labute approximate surface area is 128 Å². The Morgan fingerprint density at radius 3 is 2.50 bits per heavy atom. The van der Waals surface area contributed by atoms with Crippen molar-refractivity contribution in [1.29, 1.82) is 0 Å². The zero-order valence-electron chi connectivity index (χ0n) is 12.3. The van der Waals surface area contributed by atoms with Crippen LogP contribution in [0.25, 0.3) is 0 Å². The molecule has 1 aromatic heterocycles. The number of aryl methyl sites for hydroxylation is 1. The largest absolute Gasteiger partial charge is 0.480 e. The van der Waals surface area contributed by atoms with Crippen molar-refractivity contribution in [3.8, 4) is 0 Å². The van der Waals surface area contributed by atoms with E-state index in [9.17, 15) is 18.0 Å². The van der Waals surface area contributed by atoms with Crippen LogP contribution in [0, 0.1) is 6.92 Å². The summed E-state index contributed by atoms with van der Waals surface area (Å²) in [6, 6.07) is 0.0453. The Morgan fingerprint density at radius 2 is 1.95 bits per heavy atom. The standard InChI is InChI=1S/C13H18N2O6S/c1-8(13(17)18)14-12(16)10-7-11(9(2)21-10)22(19,20)15-5-3-4-6-15/h7-8H,3-6H2,1-2H3,(H,14,16)(H,17,18)/t8-/m1/s1. The molecule has 9 heteroatoms. The molecule has 1 fully saturated rings. The molecule has 2 heterocycles. The molecule has 1 aliphatic heterocycles. The number of carbonyl (C=O) groups is 2. The lowest BCUT2D eigenvalue weighted by Crippen LogP contribution is -2.38. The minimum atomic E-state index is -3.68. The summed E-state index contributed by atoms with van der Waals surface area (Å²) in [4.78, 5) is 22.6. The van der Waals surface area contributed by atoms with E-state index in [-0.39, 0.29) is 16.4 Å². The lowest BCUT2D eigenvalue weighted by atomic mass is 10.3. The minimum absolute atomic E-state index is 0.0532. The molecular weight excluding hydrogens is 312 g/mol. The average Bonchev–Trinajstić information content (AvgIpc) is 3.07. The maximum atomic E-state index is 12.5. The zero-order valence-corrected chi connectivity index (χ0v) is 13.1. The first kappa shape index (κ1) is 16.5. The van der Waals surface area contributed by atoms with E-state index in [4.69, 9.17) is 9.52 Å². The molecule has 0 aliphatic carbocycles. The first-order chi connectivity index (χ1) is 10.2. The van der Waals surface area contributed by atoms with Crippen LogP contribution in [0.2, 0.25) is 0 Å². The van der Waals surface area contributed by atoms with Crippen molar-refractivity contribution in [2.75, 3.05) is 13.1 Å². The highest BCUT2D eigenvalue weighted by Crippen LogP contribution is 2.26. The number of carboxylic acids is 1. The van der Waals surface area contributed by atoms with Gasteiger partial charge in [0.25, 0.3) is 5.91 Å². The molecule has 1 saturated heterocycles. The van der Waals surface area contributed by atoms with Crippen LogP contribution in [0.3, 0.4) is 0 Å². The number of carbonyl (C=O) groups excluding carboxylic acids is 1. The van der Waals surface area contributed by atoms with E-state index in [1.54, 1.807) is 0 Å². The number of aliphatic carboxylic acids is 1. The SMILES string of the molecule is Cc1oc(C(=O)N[C@H](C)C(=O)O)cc1S(=O)(=O)N1CCCC1. The lowest BCUT2D eigenvalue weighted by Gasteiger charge is -2.14. The molecule has 1 aliphatic rings. The quantitative estimate of drug-likeness (QED) is 0.815. The van der Waals surface area contributed by atoms with Crippen molar-refractivity contribution in [3.05, 3.63) is 17.6 Å². The first-order valence-electron chi connectivity index (χ1n) is 6.87. The maximum Gasteiger partial charge on any atom is 0.325 e. The smallest absolute Gasteiger partial charge is 0.325 e. The van der Waals surface area contributed by atoms with E-state index in [0.29, 0.717) is 13.1 Å². The average molecular weight is 330 g/mol. The number of amides is 1. The molecule has 0 radical (unpaired) electrons. The summed E-state index contributed by atoms with van der Waals surface area (Å²) in [7, 11) is -3.68. The van der Waals surface area contributed by atoms with E-state index in [2.05, 4.69) is 5.32 Å². The molecule has 1 atom stereocenters. The van der Waals surface area contributed by atoms with Gasteiger partial charge in [-0.05, 0) is 26.7 Å². The third kappa shape index (κ3) is 3.14. The molecular formula is C13H18N2O6S. The summed E-state index contributed by atoms with van der Waals surface area (Å²) in [6.45, 7) is 3.66. The van der Waals surface area contributed by atoms with Gasteiger partial charge in [0.15, 0.2) is 5.76 Å². The predicted molar refractivity (Wildman–Crippen MR) is 76.0 cm³/mol. The predicted octanol–water partition coefficient (Wildman–Crippen LogP) is 0.575. The molecule has 2 N–H and O–H groups in total. The summed E-state index contributed by atoms with van der Waals surface area (Å²) in [5.74, 6) is -2.06. The van der Waals surface area contributed by atoms with Crippen molar-refractivity contribution >= 4 is 21.9 Å². The number of sulfonamides is 1. The van der Waals surface area contributed by atoms with Gasteiger partial charge in [0, 0.05) is 19.2 Å². The fraction of sp³-hybridized carbons (Fsp3) is 0.538. The molecule has 122 valence electrons. The Bertz CT molecular complexity index is 687. The Morgan fingerprint density at radius 1 is 1.36 bits per heavy atom. The topological polar surface area (TPSA) is 117 Å². The first-order valence-corrected chi connectivity index (χ1v) is 8.31. The highest BCUT2D eigenvalue weighted by Gasteiger charge is 2.32. The second-order valence-electron chi connectivity index (χ2n) is 5.18. The van der Waals surface area contributed by atoms with E-state index in [0.717, 1.165) is 18.9 Å². The Hall–Kier alpha value is -1.87. The molecule has 0 spiro atoms. The van der Waals surface area contributed by atoms with Crippen molar-refractivity contribution in [3.63, 3.8) is 0 Å². The summed E-state index contributed by atoms with van der Waals surface area (Å²) in [6.07, 6.45) is 1.61. The van der Waals surface area contributed by atoms with Crippen LogP contribution in [-0.4, -0.2) is 48.8 Å². The van der Waals surface area contributed by atoms with Gasteiger partial charge >= 0.3 is 5.97 Å². The van der Waals surface area contributed by atoms with Gasteiger partial charge in [-0.25, -0.2) is 8.42 Å². The van der Waals surface area contributed by atoms with Crippen LogP contribution >= 0.6 is 0 Å². The van der Waals surface area contributed by atoms with Crippen LogP contribution in [0.4, 0.5) is 0 Å². The van der Waals surface area contributed by atoms with Gasteiger partial charge < -0.3 is 14.8 Å². The molecule has 2 rings (SSSR count). The Kier molecular flexibility index (Phi) is 4.57. The van der Waals surface area contributed by atoms with Gasteiger partial charge in [0.1, 0.15) is 16.7 Å². The number of nitrogens with one attached hydrogen (secondary N) is 1. The fourth-order valence-corrected chi connectivity index (χ4v) is 3.91. The summed E-state index contributed by atoms with van der Waals surface area (Å²) in [5, 5.41) is 11.0. The van der Waals surface area contributed by atoms with Crippen molar-refractivity contribution in [1.82, 2.24) is 9.62 Å². The molecule has 1 amide bonds. The highest BCUT2D eigenvalue weighted by atomic mass is 32.2. The normalized spacial score (nSPS) is 17.4. The van der Waals surface area contributed by atoms with Crippen molar-refractivity contribution < 1.29 is 27.5 Å². The van der Waals surface area contributed by atoms with Gasteiger partial charge in [-0.2, -0.15) is 4.31 Å². The van der Waals surface area contributed by atoms with Crippen LogP contribution in [0.1, 0.15) is 36.1 Å². The van der Waals surface area contributed by atoms with Crippen molar-refractivity contribution in [2.45, 2.75) is 37.6 Å². The van der Waals surface area contributed by atoms with E-state index >= 15 is 0 Å². The van der Waals surface area contributed by atoms with E-state index in [1.165, 1.54) is 18.2 Å². The molecule has 1 aromatic rings. The monoisotopic (exact) mass is 330 g/mol. The van der Waals surface area contributed by atoms with Gasteiger partial charge in [0.2, 0.25) is 10.0 Å². The summed E-state index contributed by atoms with van der Waals surface area (Å²) >= 11 is 0. The minimum Gasteiger partial charge on any atom is -0.480 e. The van der Waals surface area contributed by atoms with Crippen LogP contribution in [-0.2, 0) is 14.8 Å². The van der Waals surface area contributed by atoms with Crippen LogP contribution in [0.15, 0.2) is 15.4 Å². The van der Waals surface area contributed by atoms with E-state index in [1.807, 2.05) is 0 Å². The molecule has 22 heavy (non-hydrogen) atoms. The third-order valence-corrected chi connectivity index (χ3v) is 5.50. The number of carboxylic acid groups (broad SMARTS) is 1. The number of nitrogens with zero attached hydrogens (tertiary/aromatic N) is 1. The molecule has 0 bridgehead atoms. The van der Waals surface area contributed by atoms with Crippen LogP contribution in [0.5, 0.6) is 0 Å². The molecule has 0 saturated carbocycles. The zero-order chi connectivity index (χ0) is 16.5.